The number of nitrogens with zero attached hydrogens (tertiary/aromatic N) is 2. The topological polar surface area (TPSA) is 51.5 Å². The predicted molar refractivity (Wildman–Crippen MR) is 75.9 cm³/mol. The minimum Gasteiger partial charge on any atom is -0.266 e. The molecule has 0 aliphatic rings. The van der Waals surface area contributed by atoms with Gasteiger partial charge in [0.25, 0.3) is 0 Å². The summed E-state index contributed by atoms with van der Waals surface area (Å²) in [5.41, 5.74) is 11.7. The van der Waals surface area contributed by atoms with Crippen molar-refractivity contribution in [3.05, 3.63) is 60.7 Å². The summed E-state index contributed by atoms with van der Waals surface area (Å²) in [4.78, 5) is 0. The van der Waals surface area contributed by atoms with Gasteiger partial charge >= 0.3 is 0 Å². The van der Waals surface area contributed by atoms with E-state index in [-0.39, 0.29) is 32.8 Å². The summed E-state index contributed by atoms with van der Waals surface area (Å²) < 4.78 is 0. The predicted octanol–water partition coefficient (Wildman–Crippen LogP) is 3.64. The zero-order valence-electron chi connectivity index (χ0n) is 10.3. The molecule has 0 radical (unpaired) electrons. The molecule has 0 heterocycles. The van der Waals surface area contributed by atoms with E-state index in [9.17, 15) is 0 Å². The summed E-state index contributed by atoms with van der Waals surface area (Å²) >= 11 is 4.92. The van der Waals surface area contributed by atoms with Gasteiger partial charge < -0.3 is 0 Å². The fourth-order valence-electron chi connectivity index (χ4n) is 1.55. The second-order valence-electron chi connectivity index (χ2n) is 3.54. The fraction of sp³-hybridized carbons (Fsp3) is 0. The Morgan fingerprint density at radius 1 is 0.947 bits per heavy atom. The number of nitrogens with one attached hydrogen (secondary N) is 2. The zero-order chi connectivity index (χ0) is 12.8. The fourth-order valence-corrected chi connectivity index (χ4v) is 1.64. The number of rotatable bonds is 3. The summed E-state index contributed by atoms with van der Waals surface area (Å²) in [6, 6.07) is 19.4. The summed E-state index contributed by atoms with van der Waals surface area (Å²) in [5, 5.41) is 5.11. The first-order chi connectivity index (χ1) is 8.81. The third-order valence-electron chi connectivity index (χ3n) is 2.34. The molecule has 2 aromatic carbocycles. The maximum Gasteiger partial charge on any atom is 0.232 e. The van der Waals surface area contributed by atoms with Gasteiger partial charge in [0, 0.05) is 27.7 Å². The quantitative estimate of drug-likeness (QED) is 0.321. The molecule has 0 bridgehead atoms. The van der Waals surface area contributed by atoms with Gasteiger partial charge in [-0.2, -0.15) is 0 Å². The van der Waals surface area contributed by atoms with Crippen molar-refractivity contribution < 1.29 is 27.7 Å². The molecule has 6 heteroatoms. The standard InChI is InChI=1S/C13H12N4S.Hg/c14-15-13(18)16-17(11-7-3-1-4-8-11)12-9-5-2-6-10-12;/h1-10,14H,(H,16,18);. The van der Waals surface area contributed by atoms with E-state index in [1.807, 2.05) is 60.7 Å². The molecule has 0 spiro atoms. The average molecular weight is 457 g/mol. The van der Waals surface area contributed by atoms with Crippen LogP contribution in [-0.4, -0.2) is 5.11 Å². The molecule has 0 atom stereocenters. The molecular formula is C13H12HgN4S. The molecule has 0 unspecified atom stereocenters. The molecule has 0 aliphatic heterocycles. The van der Waals surface area contributed by atoms with Crippen molar-refractivity contribution >= 4 is 28.7 Å². The first-order valence-electron chi connectivity index (χ1n) is 5.39. The number of thiocarbonyl (C=S) groups is 1. The van der Waals surface area contributed by atoms with E-state index in [1.54, 1.807) is 5.01 Å². The Kier molecular flexibility index (Phi) is 6.59. The monoisotopic (exact) mass is 458 g/mol. The summed E-state index contributed by atoms with van der Waals surface area (Å²) in [5.74, 6) is 0. The van der Waals surface area contributed by atoms with Crippen LogP contribution in [0.25, 0.3) is 0 Å². The van der Waals surface area contributed by atoms with Crippen molar-refractivity contribution in [2.24, 2.45) is 5.11 Å². The Morgan fingerprint density at radius 2 is 1.37 bits per heavy atom. The smallest absolute Gasteiger partial charge is 0.232 e. The Morgan fingerprint density at radius 3 is 1.74 bits per heavy atom. The van der Waals surface area contributed by atoms with E-state index in [2.05, 4.69) is 10.5 Å². The van der Waals surface area contributed by atoms with Crippen LogP contribution >= 0.6 is 12.2 Å². The van der Waals surface area contributed by atoms with E-state index in [0.29, 0.717) is 0 Å². The van der Waals surface area contributed by atoms with E-state index < -0.39 is 0 Å². The van der Waals surface area contributed by atoms with Gasteiger partial charge in [-0.1, -0.05) is 36.4 Å². The van der Waals surface area contributed by atoms with Crippen LogP contribution in [0.5, 0.6) is 0 Å². The van der Waals surface area contributed by atoms with E-state index in [4.69, 9.17) is 17.7 Å². The molecule has 0 aromatic heterocycles. The van der Waals surface area contributed by atoms with Crippen molar-refractivity contribution in [3.63, 3.8) is 0 Å². The van der Waals surface area contributed by atoms with Crippen molar-refractivity contribution in [2.75, 3.05) is 5.01 Å². The van der Waals surface area contributed by atoms with Crippen LogP contribution in [0.1, 0.15) is 0 Å². The van der Waals surface area contributed by atoms with Crippen LogP contribution in [0.3, 0.4) is 0 Å². The molecule has 0 saturated carbocycles. The van der Waals surface area contributed by atoms with Crippen molar-refractivity contribution in [1.82, 2.24) is 5.43 Å². The van der Waals surface area contributed by atoms with Gasteiger partial charge in [0.05, 0.1) is 11.4 Å². The molecule has 4 nitrogen and oxygen atoms in total. The average Bonchev–Trinajstić information content (AvgIpc) is 2.46. The van der Waals surface area contributed by atoms with Gasteiger partial charge in [-0.3, -0.25) is 10.4 Å². The summed E-state index contributed by atoms with van der Waals surface area (Å²) in [7, 11) is 0. The molecule has 92 valence electrons. The number of hydrogen-bond acceptors (Lipinski definition) is 3. The number of anilines is 2. The van der Waals surface area contributed by atoms with Gasteiger partial charge in [-0.25, -0.2) is 5.53 Å². The second kappa shape index (κ2) is 7.96. The number of hydrogen-bond donors (Lipinski definition) is 2. The van der Waals surface area contributed by atoms with Crippen LogP contribution in [0, 0.1) is 5.53 Å². The molecule has 2 rings (SSSR count). The van der Waals surface area contributed by atoms with Crippen LogP contribution in [0.4, 0.5) is 11.4 Å². The van der Waals surface area contributed by atoms with Gasteiger partial charge in [0.15, 0.2) is 0 Å². The SMILES string of the molecule is N=NC(=S)NN(c1ccccc1)c1ccccc1.[Hg]. The second-order valence-corrected chi connectivity index (χ2v) is 3.92. The first-order valence-corrected chi connectivity index (χ1v) is 5.80. The van der Waals surface area contributed by atoms with Crippen molar-refractivity contribution in [1.29, 1.82) is 5.53 Å². The van der Waals surface area contributed by atoms with Crippen LogP contribution < -0.4 is 10.4 Å². The summed E-state index contributed by atoms with van der Waals surface area (Å²) in [6.45, 7) is 0. The first kappa shape index (κ1) is 15.7. The molecule has 2 N–H and O–H groups in total. The van der Waals surface area contributed by atoms with Crippen LogP contribution in [-0.2, 0) is 27.7 Å². The van der Waals surface area contributed by atoms with Crippen molar-refractivity contribution in [3.8, 4) is 0 Å². The molecule has 19 heavy (non-hydrogen) atoms. The maximum absolute atomic E-state index is 6.92. The van der Waals surface area contributed by atoms with E-state index in [1.165, 1.54) is 0 Å². The maximum atomic E-state index is 6.92. The van der Waals surface area contributed by atoms with Gasteiger partial charge in [-0.05, 0) is 36.5 Å². The Balaban J connectivity index is 0.00000180. The Labute approximate surface area is 137 Å². The molecule has 0 aliphatic carbocycles. The summed E-state index contributed by atoms with van der Waals surface area (Å²) in [6.07, 6.45) is 0. The normalized spacial score (nSPS) is 9.05. The zero-order valence-corrected chi connectivity index (χ0v) is 16.6. The number of para-hydroxylation sites is 2. The third-order valence-corrected chi connectivity index (χ3v) is 2.52. The van der Waals surface area contributed by atoms with Gasteiger partial charge in [-0.15, -0.1) is 5.11 Å². The van der Waals surface area contributed by atoms with Gasteiger partial charge in [0.1, 0.15) is 0 Å². The molecule has 0 amide bonds. The number of benzene rings is 2. The Bertz CT molecular complexity index is 493. The molecule has 0 fully saturated rings. The van der Waals surface area contributed by atoms with Crippen LogP contribution in [0.2, 0.25) is 0 Å². The minimum absolute atomic E-state index is 0. The van der Waals surface area contributed by atoms with Crippen LogP contribution in [0.15, 0.2) is 65.8 Å². The number of hydrazine groups is 1. The van der Waals surface area contributed by atoms with Crippen molar-refractivity contribution in [2.45, 2.75) is 0 Å². The van der Waals surface area contributed by atoms with E-state index in [0.717, 1.165) is 11.4 Å². The Hall–Kier alpha value is -1.33. The minimum atomic E-state index is 0. The molecule has 2 aromatic rings. The third kappa shape index (κ3) is 4.36. The van der Waals surface area contributed by atoms with Gasteiger partial charge in [0.2, 0.25) is 5.11 Å². The van der Waals surface area contributed by atoms with E-state index >= 15 is 0 Å². The molecule has 0 saturated heterocycles. The largest absolute Gasteiger partial charge is 0.266 e. The molecular weight excluding hydrogens is 445 g/mol.